The van der Waals surface area contributed by atoms with Gasteiger partial charge in [-0.15, -0.1) is 0 Å². The molecule has 1 fully saturated rings. The number of esters is 1. The molecule has 0 N–H and O–H groups in total. The first-order valence-corrected chi connectivity index (χ1v) is 14.6. The van der Waals surface area contributed by atoms with Crippen LogP contribution in [0.2, 0.25) is 0 Å². The number of hydrogen-bond acceptors (Lipinski definition) is 3. The summed E-state index contributed by atoms with van der Waals surface area (Å²) in [5.74, 6) is -0.337. The monoisotopic (exact) mass is 481 g/mol. The molecule has 0 radical (unpaired) electrons. The SMILES string of the molecule is CCCCCCCCCCCCCCCCCCN1CC(C(=O)OCCC[N+](C)(C)C)CC1=O. The Morgan fingerprint density at radius 2 is 1.26 bits per heavy atom. The minimum absolute atomic E-state index is 0.120. The third kappa shape index (κ3) is 16.5. The lowest BCUT2D eigenvalue weighted by molar-refractivity contribution is -0.870. The van der Waals surface area contributed by atoms with Crippen LogP contribution in [0.15, 0.2) is 0 Å². The van der Waals surface area contributed by atoms with Gasteiger partial charge in [0.05, 0.1) is 40.2 Å². The molecule has 1 aliphatic heterocycles. The Kier molecular flexibility index (Phi) is 17.4. The number of rotatable bonds is 22. The van der Waals surface area contributed by atoms with E-state index < -0.39 is 0 Å². The molecule has 0 saturated carbocycles. The normalized spacial score (nSPS) is 16.4. The van der Waals surface area contributed by atoms with Crippen LogP contribution in [-0.4, -0.2) is 68.6 Å². The summed E-state index contributed by atoms with van der Waals surface area (Å²) < 4.78 is 6.29. The molecule has 1 heterocycles. The second-order valence-corrected chi connectivity index (χ2v) is 11.6. The highest BCUT2D eigenvalue weighted by molar-refractivity contribution is 5.86. The molecular formula is C29H57N2O3+. The Morgan fingerprint density at radius 1 is 0.794 bits per heavy atom. The molecule has 1 aliphatic rings. The van der Waals surface area contributed by atoms with E-state index in [1.807, 2.05) is 4.90 Å². The average molecular weight is 482 g/mol. The lowest BCUT2D eigenvalue weighted by Gasteiger charge is -2.23. The van der Waals surface area contributed by atoms with E-state index in [1.54, 1.807) is 0 Å². The van der Waals surface area contributed by atoms with Gasteiger partial charge in [-0.1, -0.05) is 103 Å². The van der Waals surface area contributed by atoms with Crippen LogP contribution in [0.1, 0.15) is 122 Å². The van der Waals surface area contributed by atoms with Gasteiger partial charge in [-0.3, -0.25) is 9.59 Å². The predicted molar refractivity (Wildman–Crippen MR) is 143 cm³/mol. The summed E-state index contributed by atoms with van der Waals surface area (Å²) in [6.07, 6.45) is 22.8. The number of quaternary nitrogens is 1. The summed E-state index contributed by atoms with van der Waals surface area (Å²) in [7, 11) is 6.40. The first kappa shape index (κ1) is 30.9. The van der Waals surface area contributed by atoms with Crippen LogP contribution in [0.25, 0.3) is 0 Å². The second kappa shape index (κ2) is 19.1. The number of unbranched alkanes of at least 4 members (excludes halogenated alkanes) is 15. The smallest absolute Gasteiger partial charge is 0.311 e. The summed E-state index contributed by atoms with van der Waals surface area (Å²) in [4.78, 5) is 26.4. The maximum Gasteiger partial charge on any atom is 0.311 e. The highest BCUT2D eigenvalue weighted by Crippen LogP contribution is 2.20. The lowest BCUT2D eigenvalue weighted by atomic mass is 10.0. The van der Waals surface area contributed by atoms with Crippen molar-refractivity contribution >= 4 is 11.9 Å². The Morgan fingerprint density at radius 3 is 1.74 bits per heavy atom. The molecule has 0 bridgehead atoms. The zero-order valence-corrected chi connectivity index (χ0v) is 23.3. The Labute approximate surface area is 211 Å². The van der Waals surface area contributed by atoms with Gasteiger partial charge in [-0.25, -0.2) is 0 Å². The summed E-state index contributed by atoms with van der Waals surface area (Å²) in [5.41, 5.74) is 0. The van der Waals surface area contributed by atoms with Gasteiger partial charge in [0.2, 0.25) is 5.91 Å². The van der Waals surface area contributed by atoms with Gasteiger partial charge < -0.3 is 14.1 Å². The molecule has 1 rings (SSSR count). The number of amides is 1. The maximum absolute atomic E-state index is 12.3. The van der Waals surface area contributed by atoms with Crippen molar-refractivity contribution < 1.29 is 18.8 Å². The van der Waals surface area contributed by atoms with Crippen molar-refractivity contribution in [3.05, 3.63) is 0 Å². The Hall–Kier alpha value is -1.10. The zero-order valence-electron chi connectivity index (χ0n) is 23.3. The van der Waals surface area contributed by atoms with Gasteiger partial charge in [0, 0.05) is 25.9 Å². The van der Waals surface area contributed by atoms with Gasteiger partial charge in [0.1, 0.15) is 0 Å². The molecule has 1 saturated heterocycles. The number of nitrogens with zero attached hydrogens (tertiary/aromatic N) is 2. The number of hydrogen-bond donors (Lipinski definition) is 0. The average Bonchev–Trinajstić information content (AvgIpc) is 3.16. The molecular weight excluding hydrogens is 424 g/mol. The minimum Gasteiger partial charge on any atom is -0.465 e. The predicted octanol–water partition coefficient (Wildman–Crippen LogP) is 6.74. The number of carbonyl (C=O) groups is 2. The number of likely N-dealkylation sites (tertiary alicyclic amines) is 1. The van der Waals surface area contributed by atoms with Crippen LogP contribution in [0.3, 0.4) is 0 Å². The molecule has 1 atom stereocenters. The van der Waals surface area contributed by atoms with E-state index in [0.717, 1.165) is 30.4 Å². The maximum atomic E-state index is 12.3. The van der Waals surface area contributed by atoms with Crippen LogP contribution in [0, 0.1) is 5.92 Å². The largest absolute Gasteiger partial charge is 0.465 e. The first-order chi connectivity index (χ1) is 16.3. The van der Waals surface area contributed by atoms with Crippen molar-refractivity contribution in [3.8, 4) is 0 Å². The zero-order chi connectivity index (χ0) is 25.1. The van der Waals surface area contributed by atoms with Crippen LogP contribution in [0.4, 0.5) is 0 Å². The molecule has 0 aliphatic carbocycles. The molecule has 5 heteroatoms. The lowest BCUT2D eigenvalue weighted by Crippen LogP contribution is -2.36. The fourth-order valence-corrected chi connectivity index (χ4v) is 4.83. The molecule has 0 aromatic heterocycles. The molecule has 5 nitrogen and oxygen atoms in total. The highest BCUT2D eigenvalue weighted by Gasteiger charge is 2.34. The van der Waals surface area contributed by atoms with E-state index >= 15 is 0 Å². The van der Waals surface area contributed by atoms with Gasteiger partial charge in [-0.05, 0) is 6.42 Å². The third-order valence-corrected chi connectivity index (χ3v) is 7.05. The topological polar surface area (TPSA) is 46.6 Å². The fraction of sp³-hybridized carbons (Fsp3) is 0.931. The second-order valence-electron chi connectivity index (χ2n) is 11.6. The van der Waals surface area contributed by atoms with E-state index in [0.29, 0.717) is 19.6 Å². The summed E-state index contributed by atoms with van der Waals surface area (Å²) in [5, 5.41) is 0. The summed E-state index contributed by atoms with van der Waals surface area (Å²) >= 11 is 0. The van der Waals surface area contributed by atoms with Crippen molar-refractivity contribution in [2.24, 2.45) is 5.92 Å². The standard InChI is InChI=1S/C29H57N2O3/c1-5-6-7-8-9-10-11-12-13-14-15-16-17-18-19-20-22-30-26-27(25-28(30)32)29(33)34-24-21-23-31(2,3)4/h27H,5-26H2,1-4H3/q+1. The number of ether oxygens (including phenoxy) is 1. The molecule has 200 valence electrons. The van der Waals surface area contributed by atoms with Crippen molar-refractivity contribution in [1.82, 2.24) is 4.90 Å². The Balaban J connectivity index is 1.92. The van der Waals surface area contributed by atoms with Gasteiger partial charge in [-0.2, -0.15) is 0 Å². The van der Waals surface area contributed by atoms with Crippen LogP contribution in [-0.2, 0) is 14.3 Å². The summed E-state index contributed by atoms with van der Waals surface area (Å²) in [6.45, 7) is 5.05. The first-order valence-electron chi connectivity index (χ1n) is 14.6. The molecule has 1 amide bonds. The third-order valence-electron chi connectivity index (χ3n) is 7.05. The number of carbonyl (C=O) groups excluding carboxylic acids is 2. The van der Waals surface area contributed by atoms with Crippen molar-refractivity contribution in [2.45, 2.75) is 122 Å². The fourth-order valence-electron chi connectivity index (χ4n) is 4.83. The van der Waals surface area contributed by atoms with Gasteiger partial charge >= 0.3 is 5.97 Å². The van der Waals surface area contributed by atoms with Crippen LogP contribution in [0.5, 0.6) is 0 Å². The quantitative estimate of drug-likeness (QED) is 0.0977. The van der Waals surface area contributed by atoms with E-state index in [9.17, 15) is 9.59 Å². The molecule has 1 unspecified atom stereocenters. The molecule has 0 aromatic rings. The van der Waals surface area contributed by atoms with Crippen molar-refractivity contribution in [3.63, 3.8) is 0 Å². The summed E-state index contributed by atoms with van der Waals surface area (Å²) in [6, 6.07) is 0. The van der Waals surface area contributed by atoms with E-state index in [2.05, 4.69) is 28.1 Å². The Bertz CT molecular complexity index is 530. The van der Waals surface area contributed by atoms with Gasteiger partial charge in [0.15, 0.2) is 0 Å². The van der Waals surface area contributed by atoms with Crippen molar-refractivity contribution in [2.75, 3.05) is 47.4 Å². The molecule has 0 spiro atoms. The highest BCUT2D eigenvalue weighted by atomic mass is 16.5. The molecule has 0 aromatic carbocycles. The molecule has 34 heavy (non-hydrogen) atoms. The minimum atomic E-state index is -0.266. The van der Waals surface area contributed by atoms with Crippen LogP contribution >= 0.6 is 0 Å². The van der Waals surface area contributed by atoms with Crippen LogP contribution < -0.4 is 0 Å². The van der Waals surface area contributed by atoms with Gasteiger partial charge in [0.25, 0.3) is 0 Å². The van der Waals surface area contributed by atoms with E-state index in [-0.39, 0.29) is 17.8 Å². The van der Waals surface area contributed by atoms with E-state index in [4.69, 9.17) is 4.74 Å². The van der Waals surface area contributed by atoms with E-state index in [1.165, 1.54) is 96.3 Å². The van der Waals surface area contributed by atoms with Crippen molar-refractivity contribution in [1.29, 1.82) is 0 Å².